The first-order valence-electron chi connectivity index (χ1n) is 19.1. The fourth-order valence-corrected chi connectivity index (χ4v) is 7.31. The molecule has 1 amide bonds. The van der Waals surface area contributed by atoms with E-state index in [1.807, 2.05) is 102 Å². The van der Waals surface area contributed by atoms with Crippen LogP contribution in [0.3, 0.4) is 0 Å². The maximum absolute atomic E-state index is 13.2. The Morgan fingerprint density at radius 1 is 0.741 bits per heavy atom. The van der Waals surface area contributed by atoms with Crippen molar-refractivity contribution in [1.29, 1.82) is 0 Å². The molecule has 0 saturated heterocycles. The Morgan fingerprint density at radius 2 is 1.31 bits per heavy atom. The van der Waals surface area contributed by atoms with Crippen molar-refractivity contribution in [3.8, 4) is 22.5 Å². The number of nitrogens with zero attached hydrogens (tertiary/aromatic N) is 6. The first kappa shape index (κ1) is 39.0. The Labute approximate surface area is 336 Å². The molecule has 0 aliphatic rings. The van der Waals surface area contributed by atoms with Gasteiger partial charge in [0, 0.05) is 25.5 Å². The number of hydrogen-bond acceptors (Lipinski definition) is 9. The molecule has 0 aliphatic carbocycles. The van der Waals surface area contributed by atoms with Gasteiger partial charge in [-0.2, -0.15) is 0 Å². The number of aromatic nitrogens is 6. The molecule has 2 heterocycles. The van der Waals surface area contributed by atoms with Gasteiger partial charge < -0.3 is 19.4 Å². The van der Waals surface area contributed by atoms with E-state index in [-0.39, 0.29) is 18.1 Å². The number of nitrogens with one attached hydrogen (secondary N) is 1. The third-order valence-corrected chi connectivity index (χ3v) is 9.98. The summed E-state index contributed by atoms with van der Waals surface area (Å²) in [7, 11) is 1.28. The molecule has 0 radical (unpaired) electrons. The largest absolute Gasteiger partial charge is 0.464 e. The first-order chi connectivity index (χ1) is 28.3. The first-order valence-corrected chi connectivity index (χ1v) is 19.1. The van der Waals surface area contributed by atoms with Crippen LogP contribution in [0.15, 0.2) is 140 Å². The van der Waals surface area contributed by atoms with Crippen LogP contribution in [0.25, 0.3) is 22.5 Å². The molecule has 292 valence electrons. The topological polar surface area (TPSA) is 143 Å². The minimum Gasteiger partial charge on any atom is -0.464 e. The molecule has 7 aromatic rings. The third kappa shape index (κ3) is 7.90. The van der Waals surface area contributed by atoms with Crippen molar-refractivity contribution in [2.75, 3.05) is 19.0 Å². The predicted molar refractivity (Wildman–Crippen MR) is 220 cm³/mol. The Hall–Kier alpha value is -7.21. The van der Waals surface area contributed by atoms with Crippen molar-refractivity contribution < 1.29 is 23.9 Å². The molecule has 0 unspecified atom stereocenters. The second-order valence-electron chi connectivity index (χ2n) is 13.7. The molecule has 5 aromatic carbocycles. The lowest BCUT2D eigenvalue weighted by atomic mass is 9.77. The zero-order valence-corrected chi connectivity index (χ0v) is 32.5. The summed E-state index contributed by atoms with van der Waals surface area (Å²) in [5.74, 6) is -0.613. The maximum Gasteiger partial charge on any atom is 0.358 e. The number of carbonyl (C=O) groups is 3. The number of amides is 1. The molecular formula is C46H43N7O5. The number of methoxy groups -OCH3 is 1. The van der Waals surface area contributed by atoms with Gasteiger partial charge in [-0.05, 0) is 50.2 Å². The van der Waals surface area contributed by atoms with Gasteiger partial charge in [-0.15, -0.1) is 5.10 Å². The van der Waals surface area contributed by atoms with E-state index in [1.54, 1.807) is 4.57 Å². The monoisotopic (exact) mass is 773 g/mol. The molecule has 7 rings (SSSR count). The Balaban J connectivity index is 1.29. The van der Waals surface area contributed by atoms with Crippen LogP contribution in [0.5, 0.6) is 0 Å². The van der Waals surface area contributed by atoms with E-state index in [0.717, 1.165) is 51.8 Å². The number of anilines is 1. The van der Waals surface area contributed by atoms with Crippen molar-refractivity contribution in [2.24, 2.45) is 0 Å². The molecule has 2 aromatic heterocycles. The van der Waals surface area contributed by atoms with E-state index in [2.05, 4.69) is 64.9 Å². The van der Waals surface area contributed by atoms with Gasteiger partial charge in [-0.25, -0.2) is 14.5 Å². The molecule has 12 heteroatoms. The summed E-state index contributed by atoms with van der Waals surface area (Å²) in [5.41, 5.74) is 5.76. The number of benzene rings is 5. The van der Waals surface area contributed by atoms with Gasteiger partial charge >= 0.3 is 11.9 Å². The van der Waals surface area contributed by atoms with Crippen LogP contribution < -0.4 is 5.32 Å². The SMILES string of the molecule is CCCCc1nc(NC(=O)COC(C)=O)c(C(=O)OC)n1Cc1ccc(-c2ccccc2-c2nnnn2C(c2ccccc2)(c2ccccc2)c2ccccc2)cc1. The molecule has 0 fully saturated rings. The summed E-state index contributed by atoms with van der Waals surface area (Å²) in [5, 5.41) is 16.4. The van der Waals surface area contributed by atoms with E-state index in [9.17, 15) is 14.4 Å². The van der Waals surface area contributed by atoms with Crippen molar-refractivity contribution >= 4 is 23.7 Å². The Morgan fingerprint density at radius 3 is 1.86 bits per heavy atom. The maximum atomic E-state index is 13.2. The second kappa shape index (κ2) is 17.7. The molecule has 0 aliphatic heterocycles. The van der Waals surface area contributed by atoms with Crippen molar-refractivity contribution in [3.05, 3.63) is 173 Å². The lowest BCUT2D eigenvalue weighted by Gasteiger charge is -2.36. The molecule has 58 heavy (non-hydrogen) atoms. The number of aryl methyl sites for hydroxylation is 1. The number of unbranched alkanes of at least 4 members (excludes halogenated alkanes) is 1. The van der Waals surface area contributed by atoms with Gasteiger partial charge in [-0.1, -0.05) is 153 Å². The molecule has 0 atom stereocenters. The highest BCUT2D eigenvalue weighted by Crippen LogP contribution is 2.43. The van der Waals surface area contributed by atoms with Crippen LogP contribution in [0, 0.1) is 0 Å². The van der Waals surface area contributed by atoms with E-state index in [1.165, 1.54) is 14.0 Å². The van der Waals surface area contributed by atoms with Crippen molar-refractivity contribution in [3.63, 3.8) is 0 Å². The summed E-state index contributed by atoms with van der Waals surface area (Å²) < 4.78 is 13.7. The molecule has 0 saturated carbocycles. The van der Waals surface area contributed by atoms with Gasteiger partial charge in [0.25, 0.3) is 5.91 Å². The number of tetrazole rings is 1. The number of rotatable bonds is 15. The highest BCUT2D eigenvalue weighted by atomic mass is 16.5. The summed E-state index contributed by atoms with van der Waals surface area (Å²) in [6, 6.07) is 47.0. The lowest BCUT2D eigenvalue weighted by molar-refractivity contribution is -0.144. The minimum atomic E-state index is -0.921. The standard InChI is InChI=1S/C46H43N7O5/c1-4-5-25-40-47-43(48-41(55)31-58-32(2)54)42(45(56)57-3)52(40)30-33-26-28-34(29-27-33)38-23-15-16-24-39(38)44-49-50-51-53(44)46(35-17-9-6-10-18-35,36-19-11-7-12-20-36)37-21-13-8-14-22-37/h6-24,26-29H,4-5,25,30-31H2,1-3H3,(H,48,55). The molecular weight excluding hydrogens is 731 g/mol. The van der Waals surface area contributed by atoms with Crippen LogP contribution in [-0.2, 0) is 37.6 Å². The highest BCUT2D eigenvalue weighted by Gasteiger charge is 2.42. The molecule has 0 bridgehead atoms. The van der Waals surface area contributed by atoms with Crippen LogP contribution >= 0.6 is 0 Å². The van der Waals surface area contributed by atoms with E-state index in [4.69, 9.17) is 19.8 Å². The Kier molecular flexibility index (Phi) is 11.9. The average molecular weight is 774 g/mol. The van der Waals surface area contributed by atoms with Crippen molar-refractivity contribution in [1.82, 2.24) is 29.8 Å². The van der Waals surface area contributed by atoms with E-state index >= 15 is 0 Å². The fraction of sp³-hybridized carbons (Fsp3) is 0.196. The smallest absolute Gasteiger partial charge is 0.358 e. The predicted octanol–water partition coefficient (Wildman–Crippen LogP) is 7.72. The summed E-state index contributed by atoms with van der Waals surface area (Å²) in [6.45, 7) is 3.06. The highest BCUT2D eigenvalue weighted by molar-refractivity contribution is 6.00. The van der Waals surface area contributed by atoms with Gasteiger partial charge in [-0.3, -0.25) is 9.59 Å². The number of esters is 2. The number of ether oxygens (including phenoxy) is 2. The van der Waals surface area contributed by atoms with Gasteiger partial charge in [0.05, 0.1) is 7.11 Å². The minimum absolute atomic E-state index is 0.0518. The van der Waals surface area contributed by atoms with Crippen LogP contribution in [0.4, 0.5) is 5.82 Å². The number of imidazole rings is 1. The van der Waals surface area contributed by atoms with Crippen molar-refractivity contribution in [2.45, 2.75) is 45.2 Å². The summed E-state index contributed by atoms with van der Waals surface area (Å²) >= 11 is 0. The average Bonchev–Trinajstić information content (AvgIpc) is 3.88. The third-order valence-electron chi connectivity index (χ3n) is 9.98. The summed E-state index contributed by atoms with van der Waals surface area (Å²) in [6.07, 6.45) is 2.28. The normalized spacial score (nSPS) is 11.2. The van der Waals surface area contributed by atoms with Gasteiger partial charge in [0.1, 0.15) is 11.4 Å². The van der Waals surface area contributed by atoms with E-state index < -0.39 is 30.0 Å². The second-order valence-corrected chi connectivity index (χ2v) is 13.7. The quantitative estimate of drug-likeness (QED) is 0.0818. The Bertz CT molecular complexity index is 2400. The van der Waals surface area contributed by atoms with E-state index in [0.29, 0.717) is 18.1 Å². The van der Waals surface area contributed by atoms with Crippen LogP contribution in [0.1, 0.15) is 65.3 Å². The number of hydrogen-bond donors (Lipinski definition) is 1. The zero-order valence-electron chi connectivity index (χ0n) is 32.5. The number of carbonyl (C=O) groups excluding carboxylic acids is 3. The fourth-order valence-electron chi connectivity index (χ4n) is 7.31. The van der Waals surface area contributed by atoms with Gasteiger partial charge in [0.15, 0.2) is 23.9 Å². The van der Waals surface area contributed by atoms with Crippen LogP contribution in [0.2, 0.25) is 0 Å². The van der Waals surface area contributed by atoms with Gasteiger partial charge in [0.2, 0.25) is 0 Å². The zero-order chi connectivity index (χ0) is 40.5. The summed E-state index contributed by atoms with van der Waals surface area (Å²) in [4.78, 5) is 41.8. The molecule has 1 N–H and O–H groups in total. The lowest BCUT2D eigenvalue weighted by Crippen LogP contribution is -2.39. The molecule has 12 nitrogen and oxygen atoms in total. The molecule has 0 spiro atoms. The van der Waals surface area contributed by atoms with Crippen LogP contribution in [-0.4, -0.2) is 61.3 Å².